The van der Waals surface area contributed by atoms with Crippen LogP contribution >= 0.6 is 0 Å². The molecule has 0 aromatic carbocycles. The number of hydrogen-bond acceptors (Lipinski definition) is 10. The molecule has 10 heteroatoms. The van der Waals surface area contributed by atoms with Gasteiger partial charge in [-0.25, -0.2) is 0 Å². The highest BCUT2D eigenvalue weighted by atomic mass is 16.7. The van der Waals surface area contributed by atoms with E-state index in [2.05, 4.69) is 74.6 Å². The fraction of sp³-hybridized carbons (Fsp3) is 0.774. The zero-order valence-corrected chi connectivity index (χ0v) is 39.8. The highest BCUT2D eigenvalue weighted by Gasteiger charge is 2.44. The first kappa shape index (κ1) is 58.4. The first-order valence-corrected chi connectivity index (χ1v) is 25.4. The number of allylic oxidation sites excluding steroid dienone is 10. The molecule has 0 amide bonds. The monoisotopic (exact) mass is 889 g/mol. The van der Waals surface area contributed by atoms with Gasteiger partial charge in [0.1, 0.15) is 31.0 Å². The van der Waals surface area contributed by atoms with Gasteiger partial charge in [0.25, 0.3) is 0 Å². The van der Waals surface area contributed by atoms with Gasteiger partial charge in [-0.2, -0.15) is 0 Å². The first-order chi connectivity index (χ1) is 30.8. The van der Waals surface area contributed by atoms with Crippen LogP contribution in [0.4, 0.5) is 0 Å². The van der Waals surface area contributed by atoms with Gasteiger partial charge >= 0.3 is 11.9 Å². The van der Waals surface area contributed by atoms with Crippen LogP contribution in [0.2, 0.25) is 0 Å². The molecule has 6 atom stereocenters. The molecule has 6 unspecified atom stereocenters. The molecule has 0 saturated carbocycles. The van der Waals surface area contributed by atoms with Crippen molar-refractivity contribution in [3.63, 3.8) is 0 Å². The lowest BCUT2D eigenvalue weighted by Crippen LogP contribution is -2.59. The maximum atomic E-state index is 12.8. The lowest BCUT2D eigenvalue weighted by Gasteiger charge is -2.39. The lowest BCUT2D eigenvalue weighted by molar-refractivity contribution is -0.305. The second-order valence-electron chi connectivity index (χ2n) is 17.2. The summed E-state index contributed by atoms with van der Waals surface area (Å²) in [5, 5.41) is 40.2. The molecule has 0 radical (unpaired) electrons. The van der Waals surface area contributed by atoms with E-state index in [0.29, 0.717) is 6.42 Å². The van der Waals surface area contributed by atoms with Crippen LogP contribution in [0, 0.1) is 0 Å². The molecular weight excluding hydrogens is 797 g/mol. The second kappa shape index (κ2) is 43.3. The maximum Gasteiger partial charge on any atom is 0.306 e. The molecule has 0 spiro atoms. The Kier molecular flexibility index (Phi) is 40.2. The molecule has 1 rings (SSSR count). The Bertz CT molecular complexity index is 1210. The number of esters is 2. The van der Waals surface area contributed by atoms with Crippen molar-refractivity contribution in [2.75, 3.05) is 19.8 Å². The Morgan fingerprint density at radius 2 is 0.937 bits per heavy atom. The van der Waals surface area contributed by atoms with E-state index in [1.807, 2.05) is 0 Å². The lowest BCUT2D eigenvalue weighted by atomic mass is 9.99. The predicted octanol–water partition coefficient (Wildman–Crippen LogP) is 11.8. The molecule has 0 aromatic rings. The summed E-state index contributed by atoms with van der Waals surface area (Å²) >= 11 is 0. The zero-order chi connectivity index (χ0) is 45.9. The van der Waals surface area contributed by atoms with Gasteiger partial charge in [0.05, 0.1) is 13.2 Å². The smallest absolute Gasteiger partial charge is 0.306 e. The summed E-state index contributed by atoms with van der Waals surface area (Å²) in [6.07, 6.45) is 46.5. The van der Waals surface area contributed by atoms with E-state index in [0.717, 1.165) is 83.5 Å². The molecule has 4 N–H and O–H groups in total. The summed E-state index contributed by atoms with van der Waals surface area (Å²) in [6.45, 7) is 3.30. The van der Waals surface area contributed by atoms with Crippen LogP contribution in [0.5, 0.6) is 0 Å². The van der Waals surface area contributed by atoms with E-state index < -0.39 is 49.4 Å². The van der Waals surface area contributed by atoms with E-state index >= 15 is 0 Å². The van der Waals surface area contributed by atoms with E-state index in [4.69, 9.17) is 18.9 Å². The van der Waals surface area contributed by atoms with E-state index in [1.54, 1.807) is 0 Å². The Hall–Kier alpha value is -2.60. The van der Waals surface area contributed by atoms with Crippen LogP contribution in [-0.4, -0.2) is 89.0 Å². The van der Waals surface area contributed by atoms with Crippen molar-refractivity contribution in [2.24, 2.45) is 0 Å². The highest BCUT2D eigenvalue weighted by Crippen LogP contribution is 2.23. The molecule has 1 saturated heterocycles. The third kappa shape index (κ3) is 34.4. The Morgan fingerprint density at radius 3 is 1.41 bits per heavy atom. The largest absolute Gasteiger partial charge is 0.462 e. The average Bonchev–Trinajstić information content (AvgIpc) is 3.28. The third-order valence-corrected chi connectivity index (χ3v) is 11.4. The normalized spacial score (nSPS) is 20.0. The summed E-state index contributed by atoms with van der Waals surface area (Å²) < 4.78 is 22.2. The van der Waals surface area contributed by atoms with E-state index in [9.17, 15) is 30.0 Å². The van der Waals surface area contributed by atoms with Crippen LogP contribution in [0.15, 0.2) is 60.8 Å². The highest BCUT2D eigenvalue weighted by molar-refractivity contribution is 5.70. The summed E-state index contributed by atoms with van der Waals surface area (Å²) in [7, 11) is 0. The molecule has 63 heavy (non-hydrogen) atoms. The molecule has 1 fully saturated rings. The number of hydrogen-bond donors (Lipinski definition) is 4. The van der Waals surface area contributed by atoms with Gasteiger partial charge < -0.3 is 39.4 Å². The zero-order valence-electron chi connectivity index (χ0n) is 39.8. The van der Waals surface area contributed by atoms with Crippen LogP contribution in [0.1, 0.15) is 206 Å². The Morgan fingerprint density at radius 1 is 0.508 bits per heavy atom. The van der Waals surface area contributed by atoms with Crippen molar-refractivity contribution < 1.29 is 49.0 Å². The molecule has 10 nitrogen and oxygen atoms in total. The fourth-order valence-electron chi connectivity index (χ4n) is 7.41. The van der Waals surface area contributed by atoms with E-state index in [-0.39, 0.29) is 32.0 Å². The standard InChI is InChI=1S/C53H92O10/c1-3-5-7-9-11-13-15-17-19-21-22-23-24-26-27-29-31-33-35-37-39-41-48(55)60-44-46(45-61-53-52(59)51(58)50(57)47(43-54)63-53)62-49(56)42-40-38-36-34-32-30-28-25-20-18-16-14-12-10-8-6-4-2/h6,8,12,14-15,17-18,20-22,46-47,50-54,57-59H,3-5,7,9-11,13,16,19,23-45H2,1-2H3/b8-6-,14-12-,17-15-,20-18-,22-21-. The van der Waals surface area contributed by atoms with Crippen molar-refractivity contribution in [2.45, 2.75) is 243 Å². The van der Waals surface area contributed by atoms with E-state index in [1.165, 1.54) is 89.9 Å². The summed E-state index contributed by atoms with van der Waals surface area (Å²) in [4.78, 5) is 25.4. The molecule has 0 aliphatic carbocycles. The Balaban J connectivity index is 2.27. The number of aliphatic hydroxyl groups excluding tert-OH is 4. The minimum atomic E-state index is -1.60. The van der Waals surface area contributed by atoms with Crippen molar-refractivity contribution in [3.05, 3.63) is 60.8 Å². The van der Waals surface area contributed by atoms with Gasteiger partial charge in [-0.05, 0) is 77.0 Å². The Labute approximate surface area is 383 Å². The van der Waals surface area contributed by atoms with Gasteiger partial charge in [-0.3, -0.25) is 9.59 Å². The summed E-state index contributed by atoms with van der Waals surface area (Å²) in [5.74, 6) is -0.822. The van der Waals surface area contributed by atoms with Gasteiger partial charge in [0.15, 0.2) is 12.4 Å². The van der Waals surface area contributed by atoms with Crippen LogP contribution < -0.4 is 0 Å². The van der Waals surface area contributed by atoms with Gasteiger partial charge in [0.2, 0.25) is 0 Å². The third-order valence-electron chi connectivity index (χ3n) is 11.4. The van der Waals surface area contributed by atoms with Crippen molar-refractivity contribution in [3.8, 4) is 0 Å². The molecule has 1 aliphatic heterocycles. The summed E-state index contributed by atoms with van der Waals surface area (Å²) in [6, 6.07) is 0. The minimum Gasteiger partial charge on any atom is -0.462 e. The minimum absolute atomic E-state index is 0.216. The van der Waals surface area contributed by atoms with Gasteiger partial charge in [-0.1, -0.05) is 177 Å². The van der Waals surface area contributed by atoms with Crippen LogP contribution in [0.25, 0.3) is 0 Å². The van der Waals surface area contributed by atoms with Crippen LogP contribution in [0.3, 0.4) is 0 Å². The molecule has 1 aliphatic rings. The van der Waals surface area contributed by atoms with Crippen molar-refractivity contribution in [1.29, 1.82) is 0 Å². The second-order valence-corrected chi connectivity index (χ2v) is 17.2. The average molecular weight is 889 g/mol. The fourth-order valence-corrected chi connectivity index (χ4v) is 7.41. The van der Waals surface area contributed by atoms with Crippen LogP contribution in [-0.2, 0) is 28.5 Å². The molecular formula is C53H92O10. The SMILES string of the molecule is CC/C=C\C/C=C\C/C=C\CCCCCCCCCC(=O)OC(COC(=O)CCCCCCCCCCC/C=C\C/C=C\CCCCCCC)COC1OC(CO)C(O)C(O)C1O. The number of unbranched alkanes of at least 4 members (excludes halogenated alkanes) is 21. The number of carbonyl (C=O) groups is 2. The molecule has 0 aromatic heterocycles. The topological polar surface area (TPSA) is 152 Å². The van der Waals surface area contributed by atoms with Gasteiger partial charge in [0, 0.05) is 12.8 Å². The number of carbonyl (C=O) groups excluding carboxylic acids is 2. The van der Waals surface area contributed by atoms with Gasteiger partial charge in [-0.15, -0.1) is 0 Å². The quantitative estimate of drug-likeness (QED) is 0.0265. The molecule has 364 valence electrons. The number of rotatable bonds is 42. The predicted molar refractivity (Wildman–Crippen MR) is 256 cm³/mol. The summed E-state index contributed by atoms with van der Waals surface area (Å²) in [5.41, 5.74) is 0. The van der Waals surface area contributed by atoms with Crippen molar-refractivity contribution in [1.82, 2.24) is 0 Å². The van der Waals surface area contributed by atoms with Crippen molar-refractivity contribution >= 4 is 11.9 Å². The number of ether oxygens (including phenoxy) is 4. The molecule has 1 heterocycles. The first-order valence-electron chi connectivity index (χ1n) is 25.4. The molecule has 0 bridgehead atoms. The maximum absolute atomic E-state index is 12.8. The number of aliphatic hydroxyl groups is 4.